The van der Waals surface area contributed by atoms with Crippen molar-refractivity contribution in [2.75, 3.05) is 12.9 Å². The second kappa shape index (κ2) is 7.81. The number of hydrogen-bond donors (Lipinski definition) is 0. The fraction of sp³-hybridized carbons (Fsp3) is 0.167. The summed E-state index contributed by atoms with van der Waals surface area (Å²) >= 11 is 1.78. The van der Waals surface area contributed by atoms with Gasteiger partial charge in [0.25, 0.3) is 0 Å². The van der Waals surface area contributed by atoms with Crippen LogP contribution in [-0.2, 0) is 0 Å². The Bertz CT molecular complexity index is 819. The summed E-state index contributed by atoms with van der Waals surface area (Å²) in [6.45, 7) is 2.67. The van der Waals surface area contributed by atoms with E-state index in [1.54, 1.807) is 32.4 Å². The second-order valence-corrected chi connectivity index (χ2v) is 7.95. The molecule has 3 aromatic rings. The molecule has 3 rings (SSSR count). The lowest BCUT2D eigenvalue weighted by Gasteiger charge is -2.03. The van der Waals surface area contributed by atoms with Crippen molar-refractivity contribution >= 4 is 38.1 Å². The molecule has 1 aromatic heterocycles. The molecule has 0 radical (unpaired) electrons. The van der Waals surface area contributed by atoms with Gasteiger partial charge in [0.1, 0.15) is 10.4 Å². The Morgan fingerprint density at radius 2 is 1.74 bits per heavy atom. The van der Waals surface area contributed by atoms with Gasteiger partial charge in [-0.15, -0.1) is 11.8 Å². The SMILES string of the molecule is CCOc1ccc(N=c2ssc(SC)c2-c2ccccc2)cc1. The van der Waals surface area contributed by atoms with Gasteiger partial charge < -0.3 is 4.74 Å². The number of benzene rings is 2. The molecule has 118 valence electrons. The third-order valence-corrected chi connectivity index (χ3v) is 7.00. The van der Waals surface area contributed by atoms with E-state index in [0.717, 1.165) is 16.1 Å². The zero-order valence-corrected chi connectivity index (χ0v) is 15.4. The number of thioether (sulfide) groups is 1. The standard InChI is InChI=1S/C18H17NOS3/c1-3-20-15-11-9-14(10-12-15)19-17-16(18(21-2)23-22-17)13-7-5-4-6-8-13/h4-12H,3H2,1-2H3. The second-order valence-electron chi connectivity index (χ2n) is 4.74. The first-order chi connectivity index (χ1) is 11.3. The van der Waals surface area contributed by atoms with E-state index >= 15 is 0 Å². The Hall–Kier alpha value is -1.56. The van der Waals surface area contributed by atoms with Gasteiger partial charge in [-0.1, -0.05) is 51.0 Å². The molecule has 0 atom stereocenters. The van der Waals surface area contributed by atoms with Crippen LogP contribution in [0.2, 0.25) is 0 Å². The number of rotatable bonds is 5. The van der Waals surface area contributed by atoms with Gasteiger partial charge in [-0.25, -0.2) is 4.99 Å². The highest BCUT2D eigenvalue weighted by molar-refractivity contribution is 8.02. The maximum absolute atomic E-state index is 5.49. The van der Waals surface area contributed by atoms with Crippen LogP contribution in [0.4, 0.5) is 5.69 Å². The van der Waals surface area contributed by atoms with Crippen molar-refractivity contribution < 1.29 is 4.74 Å². The molecule has 5 heteroatoms. The number of ether oxygens (including phenoxy) is 1. The molecular formula is C18H17NOS3. The zero-order chi connectivity index (χ0) is 16.1. The van der Waals surface area contributed by atoms with E-state index in [2.05, 4.69) is 30.5 Å². The van der Waals surface area contributed by atoms with Gasteiger partial charge >= 0.3 is 0 Å². The van der Waals surface area contributed by atoms with E-state index in [1.807, 2.05) is 37.3 Å². The van der Waals surface area contributed by atoms with Crippen molar-refractivity contribution in [3.63, 3.8) is 0 Å². The van der Waals surface area contributed by atoms with Crippen LogP contribution in [0.25, 0.3) is 11.1 Å². The van der Waals surface area contributed by atoms with Crippen LogP contribution in [0, 0.1) is 0 Å². The maximum atomic E-state index is 5.49. The summed E-state index contributed by atoms with van der Waals surface area (Å²) in [4.78, 5) is 4.85. The summed E-state index contributed by atoms with van der Waals surface area (Å²) in [5.74, 6) is 0.883. The molecule has 0 aliphatic carbocycles. The Morgan fingerprint density at radius 1 is 1.00 bits per heavy atom. The van der Waals surface area contributed by atoms with Gasteiger partial charge in [0.15, 0.2) is 0 Å². The molecule has 1 heterocycles. The van der Waals surface area contributed by atoms with Crippen LogP contribution in [-0.4, -0.2) is 12.9 Å². The Morgan fingerprint density at radius 3 is 2.39 bits per heavy atom. The minimum atomic E-state index is 0.679. The summed E-state index contributed by atoms with van der Waals surface area (Å²) in [5.41, 5.74) is 3.41. The third kappa shape index (κ3) is 3.86. The van der Waals surface area contributed by atoms with Crippen LogP contribution >= 0.6 is 32.4 Å². The predicted molar refractivity (Wildman–Crippen MR) is 102 cm³/mol. The average Bonchev–Trinajstić information content (AvgIpc) is 3.00. The monoisotopic (exact) mass is 359 g/mol. The fourth-order valence-corrected chi connectivity index (χ4v) is 5.92. The van der Waals surface area contributed by atoms with Crippen LogP contribution in [0.3, 0.4) is 0 Å². The molecule has 0 unspecified atom stereocenters. The molecule has 23 heavy (non-hydrogen) atoms. The minimum Gasteiger partial charge on any atom is -0.494 e. The van der Waals surface area contributed by atoms with Crippen molar-refractivity contribution in [2.24, 2.45) is 4.99 Å². The molecule has 0 saturated carbocycles. The summed E-state index contributed by atoms with van der Waals surface area (Å²) in [6.07, 6.45) is 2.12. The Kier molecular flexibility index (Phi) is 5.54. The maximum Gasteiger partial charge on any atom is 0.136 e. The van der Waals surface area contributed by atoms with Gasteiger partial charge in [0.05, 0.1) is 16.5 Å². The lowest BCUT2D eigenvalue weighted by molar-refractivity contribution is 0.340. The van der Waals surface area contributed by atoms with Crippen LogP contribution in [0.1, 0.15) is 6.92 Å². The van der Waals surface area contributed by atoms with Crippen LogP contribution in [0.5, 0.6) is 5.75 Å². The Balaban J connectivity index is 2.04. The highest BCUT2D eigenvalue weighted by Crippen LogP contribution is 2.34. The van der Waals surface area contributed by atoms with Crippen molar-refractivity contribution in [3.8, 4) is 16.9 Å². The van der Waals surface area contributed by atoms with E-state index in [4.69, 9.17) is 9.73 Å². The average molecular weight is 360 g/mol. The summed E-state index contributed by atoms with van der Waals surface area (Å²) in [7, 11) is 3.52. The normalized spacial score (nSPS) is 11.7. The lowest BCUT2D eigenvalue weighted by Crippen LogP contribution is -1.98. The van der Waals surface area contributed by atoms with Gasteiger partial charge in [0, 0.05) is 5.56 Å². The smallest absolute Gasteiger partial charge is 0.136 e. The highest BCUT2D eigenvalue weighted by atomic mass is 32.9. The molecule has 0 spiro atoms. The zero-order valence-electron chi connectivity index (χ0n) is 13.0. The molecular weight excluding hydrogens is 342 g/mol. The minimum absolute atomic E-state index is 0.679. The van der Waals surface area contributed by atoms with E-state index in [-0.39, 0.29) is 0 Å². The quantitative estimate of drug-likeness (QED) is 0.422. The third-order valence-electron chi connectivity index (χ3n) is 3.24. The summed E-state index contributed by atoms with van der Waals surface area (Å²) < 4.78 is 7.86. The van der Waals surface area contributed by atoms with E-state index < -0.39 is 0 Å². The van der Waals surface area contributed by atoms with E-state index in [1.165, 1.54) is 15.3 Å². The number of hydrogen-bond acceptors (Lipinski definition) is 5. The molecule has 0 bridgehead atoms. The van der Waals surface area contributed by atoms with Gasteiger partial charge in [0.2, 0.25) is 0 Å². The summed E-state index contributed by atoms with van der Waals surface area (Å²) in [6, 6.07) is 18.4. The first kappa shape index (κ1) is 16.3. The highest BCUT2D eigenvalue weighted by Gasteiger charge is 2.11. The molecule has 0 saturated heterocycles. The largest absolute Gasteiger partial charge is 0.494 e. The van der Waals surface area contributed by atoms with Gasteiger partial charge in [-0.05, 0) is 43.0 Å². The lowest BCUT2D eigenvalue weighted by atomic mass is 10.1. The van der Waals surface area contributed by atoms with Gasteiger partial charge in [-0.3, -0.25) is 0 Å². The summed E-state index contributed by atoms with van der Waals surface area (Å²) in [5, 5.41) is 0. The molecule has 2 nitrogen and oxygen atoms in total. The van der Waals surface area contributed by atoms with Gasteiger partial charge in [-0.2, -0.15) is 0 Å². The molecule has 0 amide bonds. The first-order valence-corrected chi connectivity index (χ1v) is 10.7. The number of nitrogens with zero attached hydrogens (tertiary/aromatic N) is 1. The first-order valence-electron chi connectivity index (χ1n) is 7.32. The predicted octanol–water partition coefficient (Wildman–Crippen LogP) is 5.83. The fourth-order valence-electron chi connectivity index (χ4n) is 2.21. The Labute approximate surface area is 147 Å². The molecule has 0 aliphatic rings. The van der Waals surface area contributed by atoms with Crippen LogP contribution in [0.15, 0.2) is 63.8 Å². The van der Waals surface area contributed by atoms with E-state index in [0.29, 0.717) is 6.61 Å². The van der Waals surface area contributed by atoms with E-state index in [9.17, 15) is 0 Å². The molecule has 0 N–H and O–H groups in total. The molecule has 0 aliphatic heterocycles. The molecule has 2 aromatic carbocycles. The topological polar surface area (TPSA) is 21.6 Å². The van der Waals surface area contributed by atoms with Crippen LogP contribution < -0.4 is 9.41 Å². The van der Waals surface area contributed by atoms with Crippen molar-refractivity contribution in [3.05, 3.63) is 59.3 Å². The van der Waals surface area contributed by atoms with Crippen molar-refractivity contribution in [1.29, 1.82) is 0 Å². The molecule has 0 fully saturated rings. The van der Waals surface area contributed by atoms with Crippen molar-refractivity contribution in [1.82, 2.24) is 0 Å². The van der Waals surface area contributed by atoms with Crippen molar-refractivity contribution in [2.45, 2.75) is 11.1 Å².